The maximum absolute atomic E-state index is 3.63. The van der Waals surface area contributed by atoms with Gasteiger partial charge < -0.3 is 5.32 Å². The van der Waals surface area contributed by atoms with Crippen molar-refractivity contribution in [2.75, 3.05) is 6.54 Å². The maximum Gasteiger partial charge on any atom is 0.0585 e. The lowest BCUT2D eigenvalue weighted by Gasteiger charge is -2.19. The number of aryl methyl sites for hydroxylation is 2. The molecule has 1 aromatic heterocycles. The average molecular weight is 324 g/mol. The van der Waals surface area contributed by atoms with Crippen molar-refractivity contribution in [3.63, 3.8) is 0 Å². The SMILES string of the molecule is CCNC(c1ccsc1)c1cc(C)c(Br)c(C)c1. The third kappa shape index (κ3) is 2.85. The fourth-order valence-corrected chi connectivity index (χ4v) is 3.13. The molecule has 1 nitrogen and oxygen atoms in total. The molecule has 1 aromatic carbocycles. The van der Waals surface area contributed by atoms with E-state index in [0.717, 1.165) is 6.54 Å². The van der Waals surface area contributed by atoms with E-state index in [9.17, 15) is 0 Å². The molecule has 0 bridgehead atoms. The van der Waals surface area contributed by atoms with Crippen LogP contribution in [0.5, 0.6) is 0 Å². The van der Waals surface area contributed by atoms with Gasteiger partial charge in [0.05, 0.1) is 6.04 Å². The first kappa shape index (κ1) is 13.8. The molecule has 1 heterocycles. The van der Waals surface area contributed by atoms with E-state index in [1.807, 2.05) is 0 Å². The lowest BCUT2D eigenvalue weighted by Crippen LogP contribution is -2.21. The van der Waals surface area contributed by atoms with E-state index >= 15 is 0 Å². The van der Waals surface area contributed by atoms with E-state index in [4.69, 9.17) is 0 Å². The highest BCUT2D eigenvalue weighted by molar-refractivity contribution is 9.10. The quantitative estimate of drug-likeness (QED) is 0.850. The van der Waals surface area contributed by atoms with Gasteiger partial charge in [0.2, 0.25) is 0 Å². The predicted molar refractivity (Wildman–Crippen MR) is 83.5 cm³/mol. The minimum atomic E-state index is 0.298. The van der Waals surface area contributed by atoms with E-state index in [1.165, 1.54) is 26.7 Å². The molecule has 0 spiro atoms. The first-order valence-corrected chi connectivity index (χ1v) is 7.89. The highest BCUT2D eigenvalue weighted by atomic mass is 79.9. The molecule has 0 amide bonds. The summed E-state index contributed by atoms with van der Waals surface area (Å²) in [7, 11) is 0. The average Bonchev–Trinajstić information content (AvgIpc) is 2.86. The van der Waals surface area contributed by atoms with E-state index in [2.05, 4.69) is 71.0 Å². The molecule has 0 fully saturated rings. The summed E-state index contributed by atoms with van der Waals surface area (Å²) in [5, 5.41) is 7.93. The first-order valence-electron chi connectivity index (χ1n) is 6.15. The zero-order valence-electron chi connectivity index (χ0n) is 11.0. The molecule has 1 atom stereocenters. The van der Waals surface area contributed by atoms with Crippen molar-refractivity contribution in [1.29, 1.82) is 0 Å². The second-order valence-electron chi connectivity index (χ2n) is 4.52. The summed E-state index contributed by atoms with van der Waals surface area (Å²) < 4.78 is 1.21. The van der Waals surface area contributed by atoms with Gasteiger partial charge in [0.1, 0.15) is 0 Å². The Bertz CT molecular complexity index is 496. The first-order chi connectivity index (χ1) is 8.63. The van der Waals surface area contributed by atoms with Crippen LogP contribution in [0.15, 0.2) is 33.4 Å². The number of thiophene rings is 1. The molecule has 1 unspecified atom stereocenters. The van der Waals surface area contributed by atoms with Gasteiger partial charge in [-0.15, -0.1) is 0 Å². The number of hydrogen-bond donors (Lipinski definition) is 1. The maximum atomic E-state index is 3.63. The predicted octanol–water partition coefficient (Wildman–Crippen LogP) is 4.83. The van der Waals surface area contributed by atoms with E-state index < -0.39 is 0 Å². The summed E-state index contributed by atoms with van der Waals surface area (Å²) >= 11 is 5.38. The van der Waals surface area contributed by atoms with Gasteiger partial charge in [-0.05, 0) is 59.5 Å². The summed E-state index contributed by atoms with van der Waals surface area (Å²) in [5.74, 6) is 0. The van der Waals surface area contributed by atoms with Gasteiger partial charge in [0.25, 0.3) is 0 Å². The van der Waals surface area contributed by atoms with Crippen LogP contribution >= 0.6 is 27.3 Å². The van der Waals surface area contributed by atoms with E-state index in [1.54, 1.807) is 11.3 Å². The number of nitrogens with one attached hydrogen (secondary N) is 1. The van der Waals surface area contributed by atoms with Crippen molar-refractivity contribution in [1.82, 2.24) is 5.32 Å². The Labute approximate surface area is 121 Å². The smallest absolute Gasteiger partial charge is 0.0585 e. The summed E-state index contributed by atoms with van der Waals surface area (Å²) in [6.07, 6.45) is 0. The Balaban J connectivity index is 2.43. The highest BCUT2D eigenvalue weighted by Gasteiger charge is 2.15. The lowest BCUT2D eigenvalue weighted by atomic mass is 9.97. The number of hydrogen-bond acceptors (Lipinski definition) is 2. The number of rotatable bonds is 4. The number of halogens is 1. The Morgan fingerprint density at radius 2 is 1.89 bits per heavy atom. The molecule has 0 saturated heterocycles. The molecule has 0 aliphatic carbocycles. The number of benzene rings is 1. The van der Waals surface area contributed by atoms with Crippen LogP contribution in [-0.4, -0.2) is 6.54 Å². The topological polar surface area (TPSA) is 12.0 Å². The van der Waals surface area contributed by atoms with Crippen molar-refractivity contribution >= 4 is 27.3 Å². The van der Waals surface area contributed by atoms with Crippen LogP contribution in [0.3, 0.4) is 0 Å². The van der Waals surface area contributed by atoms with Crippen LogP contribution in [0.1, 0.15) is 35.2 Å². The van der Waals surface area contributed by atoms with Gasteiger partial charge in [-0.2, -0.15) is 11.3 Å². The second-order valence-corrected chi connectivity index (χ2v) is 6.09. The van der Waals surface area contributed by atoms with Crippen LogP contribution in [0.25, 0.3) is 0 Å². The van der Waals surface area contributed by atoms with Gasteiger partial charge in [0, 0.05) is 4.47 Å². The second kappa shape index (κ2) is 6.00. The van der Waals surface area contributed by atoms with Gasteiger partial charge in [-0.3, -0.25) is 0 Å². The van der Waals surface area contributed by atoms with E-state index in [0.29, 0.717) is 6.04 Å². The van der Waals surface area contributed by atoms with Crippen LogP contribution in [0, 0.1) is 13.8 Å². The Hall–Kier alpha value is -0.640. The molecule has 0 aliphatic heterocycles. The fourth-order valence-electron chi connectivity index (χ4n) is 2.22. The molecule has 2 rings (SSSR count). The van der Waals surface area contributed by atoms with Crippen molar-refractivity contribution < 1.29 is 0 Å². The Morgan fingerprint density at radius 3 is 2.39 bits per heavy atom. The highest BCUT2D eigenvalue weighted by Crippen LogP contribution is 2.29. The Morgan fingerprint density at radius 1 is 1.22 bits per heavy atom. The summed E-state index contributed by atoms with van der Waals surface area (Å²) in [6, 6.07) is 7.03. The third-order valence-electron chi connectivity index (χ3n) is 3.08. The minimum absolute atomic E-state index is 0.298. The van der Waals surface area contributed by atoms with Gasteiger partial charge in [0.15, 0.2) is 0 Å². The normalized spacial score (nSPS) is 12.7. The zero-order valence-corrected chi connectivity index (χ0v) is 13.4. The van der Waals surface area contributed by atoms with Crippen LogP contribution in [0.2, 0.25) is 0 Å². The van der Waals surface area contributed by atoms with Gasteiger partial charge in [-0.25, -0.2) is 0 Å². The summed E-state index contributed by atoms with van der Waals surface area (Å²) in [4.78, 5) is 0. The lowest BCUT2D eigenvalue weighted by molar-refractivity contribution is 0.631. The van der Waals surface area contributed by atoms with Gasteiger partial charge >= 0.3 is 0 Å². The minimum Gasteiger partial charge on any atom is -0.307 e. The fraction of sp³-hybridized carbons (Fsp3) is 0.333. The monoisotopic (exact) mass is 323 g/mol. The molecule has 18 heavy (non-hydrogen) atoms. The van der Waals surface area contributed by atoms with Crippen molar-refractivity contribution in [2.24, 2.45) is 0 Å². The van der Waals surface area contributed by atoms with Crippen molar-refractivity contribution in [2.45, 2.75) is 26.8 Å². The zero-order chi connectivity index (χ0) is 13.1. The van der Waals surface area contributed by atoms with E-state index in [-0.39, 0.29) is 0 Å². The van der Waals surface area contributed by atoms with Crippen molar-refractivity contribution in [3.8, 4) is 0 Å². The molecule has 0 radical (unpaired) electrons. The summed E-state index contributed by atoms with van der Waals surface area (Å²) in [6.45, 7) is 7.42. The molecule has 2 aromatic rings. The Kier molecular flexibility index (Phi) is 4.60. The molecule has 0 saturated carbocycles. The van der Waals surface area contributed by atoms with Crippen LogP contribution in [0.4, 0.5) is 0 Å². The molecular formula is C15H18BrNS. The molecule has 96 valence electrons. The van der Waals surface area contributed by atoms with Crippen LogP contribution in [-0.2, 0) is 0 Å². The van der Waals surface area contributed by atoms with Crippen LogP contribution < -0.4 is 5.32 Å². The molecule has 3 heteroatoms. The van der Waals surface area contributed by atoms with Crippen molar-refractivity contribution in [3.05, 3.63) is 55.7 Å². The standard InChI is InChI=1S/C15H18BrNS/c1-4-17-15(12-5-6-18-9-12)13-7-10(2)14(16)11(3)8-13/h5-9,15,17H,4H2,1-3H3. The molecular weight excluding hydrogens is 306 g/mol. The largest absolute Gasteiger partial charge is 0.307 e. The molecule has 0 aliphatic rings. The molecule has 1 N–H and O–H groups in total. The summed E-state index contributed by atoms with van der Waals surface area (Å²) in [5.41, 5.74) is 5.28. The third-order valence-corrected chi connectivity index (χ3v) is 5.03. The van der Waals surface area contributed by atoms with Gasteiger partial charge in [-0.1, -0.05) is 35.0 Å².